The molecule has 0 fully saturated rings. The predicted molar refractivity (Wildman–Crippen MR) is 176 cm³/mol. The Morgan fingerprint density at radius 2 is 0.811 bits per heavy atom. The van der Waals surface area contributed by atoms with Gasteiger partial charge in [0.15, 0.2) is 0 Å². The number of nitrogens with zero attached hydrogens (tertiary/aromatic N) is 2. The molecular weight excluding hydrogens is 635 g/mol. The van der Waals surface area contributed by atoms with Gasteiger partial charge in [-0.15, -0.1) is 0 Å². The molecule has 2 nitrogen and oxygen atoms in total. The molecule has 0 unspecified atom stereocenters. The van der Waals surface area contributed by atoms with Crippen molar-refractivity contribution in [2.45, 2.75) is 8.87 Å². The Hall–Kier alpha value is -2.10. The molecule has 0 atom stereocenters. The van der Waals surface area contributed by atoms with Crippen LogP contribution in [0.1, 0.15) is 11.1 Å². The second-order valence-corrected chi connectivity index (χ2v) is 13.4. The molecule has 0 saturated heterocycles. The van der Waals surface area contributed by atoms with Gasteiger partial charge in [-0.1, -0.05) is 45.0 Å². The summed E-state index contributed by atoms with van der Waals surface area (Å²) in [5, 5.41) is 0. The molecule has 0 amide bonds. The van der Waals surface area contributed by atoms with E-state index in [1.807, 2.05) is 74.8 Å². The quantitative estimate of drug-likeness (QED) is 0.124. The van der Waals surface area contributed by atoms with E-state index >= 15 is 0 Å². The van der Waals surface area contributed by atoms with Gasteiger partial charge in [0.25, 0.3) is 0 Å². The Labute approximate surface area is 254 Å². The van der Waals surface area contributed by atoms with Crippen LogP contribution in [0.5, 0.6) is 0 Å². The van der Waals surface area contributed by atoms with Gasteiger partial charge in [0, 0.05) is 25.5 Å². The zero-order valence-corrected chi connectivity index (χ0v) is 27.1. The second kappa shape index (κ2) is 18.2. The van der Waals surface area contributed by atoms with Crippen molar-refractivity contribution >= 4 is 90.9 Å². The normalized spacial score (nSPS) is 9.35. The predicted octanol–water partition coefficient (Wildman–Crippen LogP) is 7.00. The van der Waals surface area contributed by atoms with Gasteiger partial charge >= 0.3 is 102 Å². The van der Waals surface area contributed by atoms with Gasteiger partial charge in [0.2, 0.25) is 0 Å². The fourth-order valence-corrected chi connectivity index (χ4v) is 6.83. The summed E-state index contributed by atoms with van der Waals surface area (Å²) in [5.41, 5.74) is 5.10. The molecule has 0 heterocycles. The molecule has 0 saturated carbocycles. The first kappa shape index (κ1) is 31.1. The first-order valence-electron chi connectivity index (χ1n) is 11.7. The molecular formula is C30H30N2S4Sn. The third-order valence-corrected chi connectivity index (χ3v) is 10.0. The number of thiocarbonyl (C=S) groups is 2. The molecule has 4 aromatic rings. The molecule has 7 heteroatoms. The van der Waals surface area contributed by atoms with E-state index in [2.05, 4.69) is 60.7 Å². The van der Waals surface area contributed by atoms with E-state index in [4.69, 9.17) is 49.7 Å². The summed E-state index contributed by atoms with van der Waals surface area (Å²) in [4.78, 5) is 3.59. The van der Waals surface area contributed by atoms with Crippen LogP contribution in [0.2, 0.25) is 0 Å². The molecule has 37 heavy (non-hydrogen) atoms. The Kier molecular flexibility index (Phi) is 15.3. The van der Waals surface area contributed by atoms with Crippen LogP contribution in [0, 0.1) is 0 Å². The SMILES string of the molecule is CN(C(=S)[S-])c1ccccc1.CN(C(=S)[S-])c1ccccc1.c1ccc([CH2][Sn+2][CH2]c2ccccc2)cc1. The standard InChI is InChI=1S/2C8H9NS2.2C7H7.Sn/c2*1-9(8(10)11)7-5-3-2-4-6-7;2*1-7-5-3-2-4-6-7;/h2*2-6H,1H3,(H,10,11);2*2-6H,1H2;/q;;;;+2/p-2. The van der Waals surface area contributed by atoms with Crippen LogP contribution < -0.4 is 9.80 Å². The van der Waals surface area contributed by atoms with Crippen LogP contribution in [0.3, 0.4) is 0 Å². The van der Waals surface area contributed by atoms with Gasteiger partial charge < -0.3 is 59.5 Å². The molecule has 0 bridgehead atoms. The van der Waals surface area contributed by atoms with E-state index < -0.39 is 0 Å². The minimum atomic E-state index is -0.258. The van der Waals surface area contributed by atoms with Crippen molar-refractivity contribution < 1.29 is 0 Å². The number of para-hydroxylation sites is 2. The molecule has 0 radical (unpaired) electrons. The number of hydrogen-bond acceptors (Lipinski definition) is 4. The summed E-state index contributed by atoms with van der Waals surface area (Å²) in [7, 11) is 3.73. The van der Waals surface area contributed by atoms with Gasteiger partial charge in [0.1, 0.15) is 0 Å². The van der Waals surface area contributed by atoms with Crippen LogP contribution in [0.15, 0.2) is 121 Å². The van der Waals surface area contributed by atoms with Crippen molar-refractivity contribution in [2.24, 2.45) is 0 Å². The molecule has 188 valence electrons. The minimum absolute atomic E-state index is 0.258. The van der Waals surface area contributed by atoms with Gasteiger partial charge in [-0.3, -0.25) is 0 Å². The van der Waals surface area contributed by atoms with Crippen molar-refractivity contribution in [3.63, 3.8) is 0 Å². The average molecular weight is 666 g/mol. The Bertz CT molecular complexity index is 1080. The number of benzene rings is 4. The van der Waals surface area contributed by atoms with Crippen molar-refractivity contribution in [1.82, 2.24) is 0 Å². The van der Waals surface area contributed by atoms with Crippen molar-refractivity contribution in [3.05, 3.63) is 132 Å². The van der Waals surface area contributed by atoms with E-state index in [0.717, 1.165) is 11.4 Å². The fourth-order valence-electron chi connectivity index (χ4n) is 3.06. The van der Waals surface area contributed by atoms with Crippen molar-refractivity contribution in [1.29, 1.82) is 0 Å². The third kappa shape index (κ3) is 12.8. The summed E-state index contributed by atoms with van der Waals surface area (Å²) < 4.78 is 3.63. The van der Waals surface area contributed by atoms with Crippen LogP contribution >= 0.6 is 24.4 Å². The number of hydrogen-bond donors (Lipinski definition) is 0. The summed E-state index contributed by atoms with van der Waals surface area (Å²) in [5.74, 6) is 0. The zero-order chi connectivity index (χ0) is 26.9. The monoisotopic (exact) mass is 666 g/mol. The van der Waals surface area contributed by atoms with Gasteiger partial charge in [-0.25, -0.2) is 0 Å². The van der Waals surface area contributed by atoms with Crippen LogP contribution in [-0.2, 0) is 34.1 Å². The van der Waals surface area contributed by atoms with E-state index in [-0.39, 0.29) is 21.1 Å². The molecule has 4 aromatic carbocycles. The fraction of sp³-hybridized carbons (Fsp3) is 0.133. The molecule has 0 N–H and O–H groups in total. The van der Waals surface area contributed by atoms with Gasteiger partial charge in [-0.05, 0) is 24.3 Å². The molecule has 0 aliphatic rings. The van der Waals surface area contributed by atoms with E-state index in [9.17, 15) is 0 Å². The molecule has 0 spiro atoms. The maximum absolute atomic E-state index is 4.84. The third-order valence-electron chi connectivity index (χ3n) is 5.18. The Morgan fingerprint density at radius 3 is 1.08 bits per heavy atom. The molecule has 0 aliphatic heterocycles. The van der Waals surface area contributed by atoms with Crippen LogP contribution in [-0.4, -0.2) is 43.9 Å². The topological polar surface area (TPSA) is 6.48 Å². The molecule has 0 aromatic heterocycles. The van der Waals surface area contributed by atoms with Crippen molar-refractivity contribution in [3.8, 4) is 0 Å². The van der Waals surface area contributed by atoms with E-state index in [1.54, 1.807) is 9.80 Å². The van der Waals surface area contributed by atoms with E-state index in [1.165, 1.54) is 20.0 Å². The second-order valence-electron chi connectivity index (χ2n) is 7.90. The first-order valence-corrected chi connectivity index (χ1v) is 17.3. The molecule has 0 aliphatic carbocycles. The number of anilines is 2. The first-order chi connectivity index (χ1) is 17.9. The van der Waals surface area contributed by atoms with Gasteiger partial charge in [0.05, 0.1) is 0 Å². The average Bonchev–Trinajstić information content (AvgIpc) is 2.95. The van der Waals surface area contributed by atoms with Crippen molar-refractivity contribution in [2.75, 3.05) is 23.9 Å². The van der Waals surface area contributed by atoms with Crippen LogP contribution in [0.25, 0.3) is 0 Å². The summed E-state index contributed by atoms with van der Waals surface area (Å²) in [6.45, 7) is 0. The zero-order valence-electron chi connectivity index (χ0n) is 21.0. The van der Waals surface area contributed by atoms with Crippen LogP contribution in [0.4, 0.5) is 11.4 Å². The summed E-state index contributed by atoms with van der Waals surface area (Å²) >= 11 is 19.1. The van der Waals surface area contributed by atoms with E-state index in [0.29, 0.717) is 8.64 Å². The maximum atomic E-state index is 4.84. The Morgan fingerprint density at radius 1 is 0.541 bits per heavy atom. The summed E-state index contributed by atoms with van der Waals surface area (Å²) in [6, 6.07) is 41.3. The molecule has 4 rings (SSSR count). The number of rotatable bonds is 6. The summed E-state index contributed by atoms with van der Waals surface area (Å²) in [6.07, 6.45) is 0. The Balaban J connectivity index is 0.000000199. The van der Waals surface area contributed by atoms with Gasteiger partial charge in [-0.2, -0.15) is 0 Å².